The first-order valence-electron chi connectivity index (χ1n) is 14.9. The minimum Gasteiger partial charge on any atom is -0.443 e. The van der Waals surface area contributed by atoms with Gasteiger partial charge in [-0.1, -0.05) is 6.07 Å². The largest absolute Gasteiger partial charge is 0.443 e. The first-order valence-corrected chi connectivity index (χ1v) is 14.9. The van der Waals surface area contributed by atoms with Gasteiger partial charge in [0.25, 0.3) is 5.91 Å². The van der Waals surface area contributed by atoms with Crippen molar-refractivity contribution in [1.82, 2.24) is 19.9 Å². The highest BCUT2D eigenvalue weighted by atomic mass is 16.6. The molecule has 3 aromatic rings. The van der Waals surface area contributed by atoms with Gasteiger partial charge in [-0.2, -0.15) is 15.0 Å². The Morgan fingerprint density at radius 1 is 0.800 bits per heavy atom. The Bertz CT molecular complexity index is 1540. The van der Waals surface area contributed by atoms with Gasteiger partial charge in [0.05, 0.1) is 33.0 Å². The van der Waals surface area contributed by atoms with Crippen molar-refractivity contribution in [2.75, 3.05) is 73.0 Å². The minimum atomic E-state index is -0.724. The lowest BCUT2D eigenvalue weighted by molar-refractivity contribution is 0.0248. The summed E-state index contributed by atoms with van der Waals surface area (Å²) in [5.41, 5.74) is 2.05. The number of imide groups is 1. The second-order valence-corrected chi connectivity index (χ2v) is 11.9. The molecule has 0 spiro atoms. The molecule has 6 rings (SSSR count). The molecule has 0 atom stereocenters. The highest BCUT2D eigenvalue weighted by Gasteiger charge is 2.35. The van der Waals surface area contributed by atoms with E-state index in [1.165, 1.54) is 0 Å². The van der Waals surface area contributed by atoms with E-state index in [1.54, 1.807) is 51.1 Å². The number of rotatable bonds is 5. The summed E-state index contributed by atoms with van der Waals surface area (Å²) in [5.74, 6) is 1.28. The highest BCUT2D eigenvalue weighted by Crippen LogP contribution is 2.28. The molecule has 14 heteroatoms. The van der Waals surface area contributed by atoms with Crippen LogP contribution in [0.3, 0.4) is 0 Å². The van der Waals surface area contributed by atoms with Gasteiger partial charge < -0.3 is 34.6 Å². The van der Waals surface area contributed by atoms with Crippen LogP contribution in [0.1, 0.15) is 36.7 Å². The Labute approximate surface area is 260 Å². The number of morpholine rings is 2. The van der Waals surface area contributed by atoms with Crippen LogP contribution in [0.25, 0.3) is 11.4 Å². The van der Waals surface area contributed by atoms with Crippen molar-refractivity contribution in [3.05, 3.63) is 53.6 Å². The van der Waals surface area contributed by atoms with Gasteiger partial charge in [0.2, 0.25) is 11.9 Å². The number of hydrogen-bond acceptors (Lipinski definition) is 11. The van der Waals surface area contributed by atoms with E-state index in [0.29, 0.717) is 92.8 Å². The molecule has 2 N–H and O–H groups in total. The van der Waals surface area contributed by atoms with Crippen LogP contribution < -0.4 is 20.4 Å². The number of nitrogens with zero attached hydrogens (tertiary/aromatic N) is 6. The number of carbonyl (C=O) groups excluding carboxylic acids is 3. The van der Waals surface area contributed by atoms with Crippen LogP contribution in [0, 0.1) is 0 Å². The molecule has 2 fully saturated rings. The maximum atomic E-state index is 12.9. The SMILES string of the molecule is CC(C)(C)OC(=O)N1Cc2ccc(NC(=O)Nc3ccc(-c4nc(N5CCOCC5)nc(N5CCOCC5)n4)cc3)cc2C1=O. The van der Waals surface area contributed by atoms with Crippen LogP contribution in [-0.2, 0) is 20.8 Å². The fraction of sp³-hybridized carbons (Fsp3) is 0.419. The van der Waals surface area contributed by atoms with Gasteiger partial charge in [0.15, 0.2) is 5.82 Å². The average Bonchev–Trinajstić information content (AvgIpc) is 3.37. The molecule has 0 radical (unpaired) electrons. The number of aromatic nitrogens is 3. The van der Waals surface area contributed by atoms with Gasteiger partial charge in [-0.05, 0) is 62.7 Å². The summed E-state index contributed by atoms with van der Waals surface area (Å²) < 4.78 is 16.4. The summed E-state index contributed by atoms with van der Waals surface area (Å²) in [7, 11) is 0. The predicted octanol–water partition coefficient (Wildman–Crippen LogP) is 3.75. The Hall–Kier alpha value is -4.82. The summed E-state index contributed by atoms with van der Waals surface area (Å²) in [6.45, 7) is 10.6. The van der Waals surface area contributed by atoms with Crippen molar-refractivity contribution in [2.24, 2.45) is 0 Å². The standard InChI is InChI=1S/C31H36N8O6/c1-31(2,3)45-30(42)39-19-21-6-9-23(18-24(21)26(39)40)33-29(41)32-22-7-4-20(5-8-22)25-34-27(37-10-14-43-15-11-37)36-28(35-25)38-12-16-44-17-13-38/h4-9,18H,10-17,19H2,1-3H3,(H2,32,33,41). The fourth-order valence-electron chi connectivity index (χ4n) is 5.13. The molecular weight excluding hydrogens is 580 g/mol. The molecule has 4 amide bonds. The van der Waals surface area contributed by atoms with E-state index in [-0.39, 0.29) is 6.54 Å². The smallest absolute Gasteiger partial charge is 0.417 e. The first kappa shape index (κ1) is 30.2. The third-order valence-corrected chi connectivity index (χ3v) is 7.39. The van der Waals surface area contributed by atoms with Gasteiger partial charge in [0.1, 0.15) is 5.60 Å². The lowest BCUT2D eigenvalue weighted by Crippen LogP contribution is -2.40. The second-order valence-electron chi connectivity index (χ2n) is 11.9. The quantitative estimate of drug-likeness (QED) is 0.431. The van der Waals surface area contributed by atoms with E-state index in [9.17, 15) is 14.4 Å². The Balaban J connectivity index is 1.13. The zero-order valence-corrected chi connectivity index (χ0v) is 25.5. The normalized spacial score (nSPS) is 16.8. The van der Waals surface area contributed by atoms with Crippen LogP contribution in [0.15, 0.2) is 42.5 Å². The molecule has 236 valence electrons. The number of nitrogens with one attached hydrogen (secondary N) is 2. The van der Waals surface area contributed by atoms with E-state index in [4.69, 9.17) is 29.2 Å². The molecule has 4 heterocycles. The molecule has 0 aliphatic carbocycles. The van der Waals surface area contributed by atoms with Crippen LogP contribution in [0.2, 0.25) is 0 Å². The van der Waals surface area contributed by atoms with Gasteiger partial charge in [-0.3, -0.25) is 4.79 Å². The number of amides is 4. The molecule has 14 nitrogen and oxygen atoms in total. The number of hydrogen-bond donors (Lipinski definition) is 2. The summed E-state index contributed by atoms with van der Waals surface area (Å²) in [6, 6.07) is 11.7. The molecule has 45 heavy (non-hydrogen) atoms. The number of urea groups is 1. The molecule has 1 aromatic heterocycles. The van der Waals surface area contributed by atoms with E-state index in [2.05, 4.69) is 20.4 Å². The predicted molar refractivity (Wildman–Crippen MR) is 167 cm³/mol. The van der Waals surface area contributed by atoms with Crippen LogP contribution in [0.4, 0.5) is 32.9 Å². The van der Waals surface area contributed by atoms with Crippen molar-refractivity contribution >= 4 is 41.3 Å². The monoisotopic (exact) mass is 616 g/mol. The van der Waals surface area contributed by atoms with Gasteiger partial charge in [-0.25, -0.2) is 14.5 Å². The van der Waals surface area contributed by atoms with Gasteiger partial charge in [-0.15, -0.1) is 0 Å². The molecule has 0 unspecified atom stereocenters. The lowest BCUT2D eigenvalue weighted by Gasteiger charge is -2.30. The van der Waals surface area contributed by atoms with Crippen molar-refractivity contribution in [3.63, 3.8) is 0 Å². The third-order valence-electron chi connectivity index (χ3n) is 7.39. The highest BCUT2D eigenvalue weighted by molar-refractivity contribution is 6.08. The number of carbonyl (C=O) groups is 3. The summed E-state index contributed by atoms with van der Waals surface area (Å²) >= 11 is 0. The molecular formula is C31H36N8O6. The number of ether oxygens (including phenoxy) is 3. The first-order chi connectivity index (χ1) is 21.6. The van der Waals surface area contributed by atoms with Crippen LogP contribution in [-0.4, -0.2) is 96.1 Å². The average molecular weight is 617 g/mol. The summed E-state index contributed by atoms with van der Waals surface area (Å²) in [6.07, 6.45) is -0.703. The molecule has 2 saturated heterocycles. The van der Waals surface area contributed by atoms with Crippen molar-refractivity contribution in [1.29, 1.82) is 0 Å². The Kier molecular flexibility index (Phi) is 8.50. The molecule has 2 aromatic carbocycles. The van der Waals surface area contributed by atoms with Crippen molar-refractivity contribution in [3.8, 4) is 11.4 Å². The Morgan fingerprint density at radius 3 is 1.93 bits per heavy atom. The number of fused-ring (bicyclic) bond motifs is 1. The number of anilines is 4. The maximum absolute atomic E-state index is 12.9. The lowest BCUT2D eigenvalue weighted by atomic mass is 10.1. The molecule has 0 bridgehead atoms. The van der Waals surface area contributed by atoms with E-state index in [0.717, 1.165) is 10.5 Å². The second kappa shape index (κ2) is 12.7. The Morgan fingerprint density at radius 2 is 1.36 bits per heavy atom. The maximum Gasteiger partial charge on any atom is 0.417 e. The zero-order valence-electron chi connectivity index (χ0n) is 25.5. The molecule has 3 aliphatic heterocycles. The van der Waals surface area contributed by atoms with E-state index >= 15 is 0 Å². The summed E-state index contributed by atoms with van der Waals surface area (Å²) in [5, 5.41) is 5.57. The zero-order chi connectivity index (χ0) is 31.6. The fourth-order valence-corrected chi connectivity index (χ4v) is 5.13. The van der Waals surface area contributed by atoms with Crippen molar-refractivity contribution in [2.45, 2.75) is 32.9 Å². The van der Waals surface area contributed by atoms with E-state index in [1.807, 2.05) is 12.1 Å². The van der Waals surface area contributed by atoms with E-state index < -0.39 is 23.6 Å². The van der Waals surface area contributed by atoms with Crippen molar-refractivity contribution < 1.29 is 28.6 Å². The minimum absolute atomic E-state index is 0.116. The topological polar surface area (TPSA) is 151 Å². The van der Waals surface area contributed by atoms with Crippen LogP contribution in [0.5, 0.6) is 0 Å². The van der Waals surface area contributed by atoms with Gasteiger partial charge in [0, 0.05) is 48.7 Å². The molecule has 3 aliphatic rings. The number of benzene rings is 2. The molecule has 0 saturated carbocycles. The van der Waals surface area contributed by atoms with Gasteiger partial charge >= 0.3 is 12.1 Å². The van der Waals surface area contributed by atoms with Crippen LogP contribution >= 0.6 is 0 Å². The summed E-state index contributed by atoms with van der Waals surface area (Å²) in [4.78, 5) is 57.7. The third kappa shape index (κ3) is 7.13.